The number of halogens is 1. The van der Waals surface area contributed by atoms with Gasteiger partial charge in [0.2, 0.25) is 0 Å². The highest BCUT2D eigenvalue weighted by Crippen LogP contribution is 2.23. The quantitative estimate of drug-likeness (QED) is 0.893. The summed E-state index contributed by atoms with van der Waals surface area (Å²) in [5, 5.41) is 4.51. The van der Waals surface area contributed by atoms with E-state index in [1.54, 1.807) is 0 Å². The summed E-state index contributed by atoms with van der Waals surface area (Å²) in [6.07, 6.45) is 2.58. The van der Waals surface area contributed by atoms with Crippen molar-refractivity contribution >= 4 is 11.6 Å². The highest BCUT2D eigenvalue weighted by molar-refractivity contribution is 6.30. The molecule has 0 amide bonds. The standard InChI is InChI=1S/C16H24ClNO/c1-11(2)16-10-15(7-8-19-16)18-12(3)13-5-4-6-14(17)9-13/h4-6,9,11-12,15-16,18H,7-8,10H2,1-3H3. The van der Waals surface area contributed by atoms with Gasteiger partial charge in [0.25, 0.3) is 0 Å². The van der Waals surface area contributed by atoms with Gasteiger partial charge in [-0.25, -0.2) is 0 Å². The van der Waals surface area contributed by atoms with Crippen molar-refractivity contribution in [2.24, 2.45) is 5.92 Å². The molecule has 1 aromatic rings. The van der Waals surface area contributed by atoms with Crippen LogP contribution in [0.5, 0.6) is 0 Å². The van der Waals surface area contributed by atoms with Gasteiger partial charge in [0.05, 0.1) is 6.10 Å². The van der Waals surface area contributed by atoms with Gasteiger partial charge >= 0.3 is 0 Å². The van der Waals surface area contributed by atoms with Crippen LogP contribution >= 0.6 is 11.6 Å². The van der Waals surface area contributed by atoms with Gasteiger partial charge in [0.1, 0.15) is 0 Å². The molecule has 3 heteroatoms. The molecule has 1 N–H and O–H groups in total. The fraction of sp³-hybridized carbons (Fsp3) is 0.625. The van der Waals surface area contributed by atoms with E-state index in [0.29, 0.717) is 24.1 Å². The smallest absolute Gasteiger partial charge is 0.0612 e. The predicted octanol–water partition coefficient (Wildman–Crippen LogP) is 4.19. The summed E-state index contributed by atoms with van der Waals surface area (Å²) in [6.45, 7) is 7.52. The Kier molecular flexibility index (Phi) is 5.26. The van der Waals surface area contributed by atoms with Gasteiger partial charge in [-0.05, 0) is 43.4 Å². The molecular weight excluding hydrogens is 258 g/mol. The summed E-state index contributed by atoms with van der Waals surface area (Å²) < 4.78 is 5.81. The van der Waals surface area contributed by atoms with Gasteiger partial charge in [-0.1, -0.05) is 37.6 Å². The molecule has 3 unspecified atom stereocenters. The van der Waals surface area contributed by atoms with E-state index in [4.69, 9.17) is 16.3 Å². The van der Waals surface area contributed by atoms with Crippen LogP contribution in [0.3, 0.4) is 0 Å². The summed E-state index contributed by atoms with van der Waals surface area (Å²) in [6, 6.07) is 8.96. The SMILES string of the molecule is CC(NC1CCOC(C(C)C)C1)c1cccc(Cl)c1. The van der Waals surface area contributed by atoms with Crippen LogP contribution in [0.25, 0.3) is 0 Å². The van der Waals surface area contributed by atoms with Gasteiger partial charge in [0, 0.05) is 23.7 Å². The van der Waals surface area contributed by atoms with Gasteiger partial charge in [-0.15, -0.1) is 0 Å². The maximum atomic E-state index is 6.05. The first kappa shape index (κ1) is 14.8. The largest absolute Gasteiger partial charge is 0.378 e. The van der Waals surface area contributed by atoms with Crippen LogP contribution in [0.15, 0.2) is 24.3 Å². The predicted molar refractivity (Wildman–Crippen MR) is 80.6 cm³/mol. The number of nitrogens with one attached hydrogen (secondary N) is 1. The van der Waals surface area contributed by atoms with Crippen LogP contribution in [-0.4, -0.2) is 18.8 Å². The molecule has 106 valence electrons. The third-order valence-electron chi connectivity index (χ3n) is 3.89. The number of hydrogen-bond donors (Lipinski definition) is 1. The molecule has 1 aromatic carbocycles. The Morgan fingerprint density at radius 3 is 2.79 bits per heavy atom. The monoisotopic (exact) mass is 281 g/mol. The second kappa shape index (κ2) is 6.74. The third-order valence-corrected chi connectivity index (χ3v) is 4.13. The van der Waals surface area contributed by atoms with Crippen LogP contribution < -0.4 is 5.32 Å². The highest BCUT2D eigenvalue weighted by Gasteiger charge is 2.25. The Labute approximate surface area is 121 Å². The average Bonchev–Trinajstić information content (AvgIpc) is 2.39. The highest BCUT2D eigenvalue weighted by atomic mass is 35.5. The Balaban J connectivity index is 1.93. The first-order chi connectivity index (χ1) is 9.06. The van der Waals surface area contributed by atoms with Crippen LogP contribution in [0.4, 0.5) is 0 Å². The lowest BCUT2D eigenvalue weighted by molar-refractivity contribution is -0.0256. The lowest BCUT2D eigenvalue weighted by Gasteiger charge is -2.34. The third kappa shape index (κ3) is 4.20. The van der Waals surface area contributed by atoms with E-state index in [0.717, 1.165) is 24.5 Å². The van der Waals surface area contributed by atoms with Gasteiger partial charge < -0.3 is 10.1 Å². The molecule has 0 radical (unpaired) electrons. The molecule has 1 fully saturated rings. The van der Waals surface area contributed by atoms with Crippen molar-refractivity contribution in [3.8, 4) is 0 Å². The maximum Gasteiger partial charge on any atom is 0.0612 e. The van der Waals surface area contributed by atoms with Crippen molar-refractivity contribution in [3.63, 3.8) is 0 Å². The molecule has 0 spiro atoms. The zero-order chi connectivity index (χ0) is 13.8. The van der Waals surface area contributed by atoms with Gasteiger partial charge in [-0.3, -0.25) is 0 Å². The number of ether oxygens (including phenoxy) is 1. The molecule has 0 saturated carbocycles. The topological polar surface area (TPSA) is 21.3 Å². The lowest BCUT2D eigenvalue weighted by atomic mass is 9.94. The minimum absolute atomic E-state index is 0.328. The summed E-state index contributed by atoms with van der Waals surface area (Å²) in [5.74, 6) is 0.589. The average molecular weight is 282 g/mol. The first-order valence-corrected chi connectivity index (χ1v) is 7.57. The molecule has 0 aliphatic carbocycles. The summed E-state index contributed by atoms with van der Waals surface area (Å²) in [7, 11) is 0. The lowest BCUT2D eigenvalue weighted by Crippen LogP contribution is -2.41. The van der Waals surface area contributed by atoms with Crippen molar-refractivity contribution < 1.29 is 4.74 Å². The number of hydrogen-bond acceptors (Lipinski definition) is 2. The van der Waals surface area contributed by atoms with E-state index < -0.39 is 0 Å². The molecule has 2 nitrogen and oxygen atoms in total. The van der Waals surface area contributed by atoms with Crippen LogP contribution in [-0.2, 0) is 4.74 Å². The van der Waals surface area contributed by atoms with Gasteiger partial charge in [-0.2, -0.15) is 0 Å². The van der Waals surface area contributed by atoms with Crippen LogP contribution in [0.1, 0.15) is 45.2 Å². The first-order valence-electron chi connectivity index (χ1n) is 7.19. The Hall–Kier alpha value is -0.570. The van der Waals surface area contributed by atoms with Gasteiger partial charge in [0.15, 0.2) is 0 Å². The van der Waals surface area contributed by atoms with Crippen LogP contribution in [0, 0.1) is 5.92 Å². The molecule has 1 heterocycles. The van der Waals surface area contributed by atoms with E-state index in [9.17, 15) is 0 Å². The van der Waals surface area contributed by atoms with Crippen LogP contribution in [0.2, 0.25) is 5.02 Å². The molecule has 0 bridgehead atoms. The minimum Gasteiger partial charge on any atom is -0.378 e. The fourth-order valence-electron chi connectivity index (χ4n) is 2.67. The van der Waals surface area contributed by atoms with Crippen molar-refractivity contribution in [3.05, 3.63) is 34.9 Å². The van der Waals surface area contributed by atoms with E-state index in [-0.39, 0.29) is 0 Å². The van der Waals surface area contributed by atoms with Crippen molar-refractivity contribution in [2.45, 2.75) is 51.8 Å². The Morgan fingerprint density at radius 2 is 2.11 bits per heavy atom. The number of rotatable bonds is 4. The summed E-state index contributed by atoms with van der Waals surface area (Å²) >= 11 is 6.05. The van der Waals surface area contributed by atoms with Crippen molar-refractivity contribution in [1.29, 1.82) is 0 Å². The Morgan fingerprint density at radius 1 is 1.32 bits per heavy atom. The van der Waals surface area contributed by atoms with E-state index in [1.165, 1.54) is 5.56 Å². The normalized spacial score (nSPS) is 25.5. The second-order valence-electron chi connectivity index (χ2n) is 5.82. The van der Waals surface area contributed by atoms with Crippen molar-refractivity contribution in [1.82, 2.24) is 5.32 Å². The summed E-state index contributed by atoms with van der Waals surface area (Å²) in [4.78, 5) is 0. The molecule has 1 aliphatic heterocycles. The van der Waals surface area contributed by atoms with E-state index in [1.807, 2.05) is 18.2 Å². The molecular formula is C16H24ClNO. The Bertz CT molecular complexity index is 407. The molecule has 1 saturated heterocycles. The zero-order valence-corrected chi connectivity index (χ0v) is 12.8. The second-order valence-corrected chi connectivity index (χ2v) is 6.25. The van der Waals surface area contributed by atoms with E-state index >= 15 is 0 Å². The minimum atomic E-state index is 0.328. The molecule has 2 rings (SSSR count). The molecule has 0 aromatic heterocycles. The molecule has 1 aliphatic rings. The number of benzene rings is 1. The van der Waals surface area contributed by atoms with E-state index in [2.05, 4.69) is 32.2 Å². The molecule has 3 atom stereocenters. The van der Waals surface area contributed by atoms with Crippen molar-refractivity contribution in [2.75, 3.05) is 6.61 Å². The maximum absolute atomic E-state index is 6.05. The summed E-state index contributed by atoms with van der Waals surface area (Å²) in [5.41, 5.74) is 1.25. The zero-order valence-electron chi connectivity index (χ0n) is 12.0. The fourth-order valence-corrected chi connectivity index (χ4v) is 2.87. The molecule has 19 heavy (non-hydrogen) atoms.